The van der Waals surface area contributed by atoms with Crippen LogP contribution in [0.3, 0.4) is 0 Å². The lowest BCUT2D eigenvalue weighted by molar-refractivity contribution is 0.0693. The monoisotopic (exact) mass is 346 g/mol. The number of benzene rings is 3. The zero-order valence-corrected chi connectivity index (χ0v) is 14.9. The first kappa shape index (κ1) is 17.7. The fourth-order valence-electron chi connectivity index (χ4n) is 3.56. The van der Waals surface area contributed by atoms with Crippen LogP contribution in [0.15, 0.2) is 78.9 Å². The van der Waals surface area contributed by atoms with Crippen LogP contribution in [0, 0.1) is 0 Å². The lowest BCUT2D eigenvalue weighted by atomic mass is 9.65. The van der Waals surface area contributed by atoms with E-state index >= 15 is 0 Å². The van der Waals surface area contributed by atoms with Gasteiger partial charge in [-0.05, 0) is 34.7 Å². The van der Waals surface area contributed by atoms with Crippen molar-refractivity contribution in [2.45, 2.75) is 25.2 Å². The smallest absolute Gasteiger partial charge is 0.339 e. The lowest BCUT2D eigenvalue weighted by Crippen LogP contribution is -2.30. The van der Waals surface area contributed by atoms with Gasteiger partial charge in [-0.3, -0.25) is 0 Å². The molecule has 132 valence electrons. The molecule has 0 saturated heterocycles. The van der Waals surface area contributed by atoms with Gasteiger partial charge in [-0.15, -0.1) is 0 Å². The number of aromatic hydroxyl groups is 1. The number of aromatic carboxylic acids is 1. The Morgan fingerprint density at radius 1 is 0.885 bits per heavy atom. The van der Waals surface area contributed by atoms with Crippen molar-refractivity contribution in [3.05, 3.63) is 101 Å². The van der Waals surface area contributed by atoms with Crippen LogP contribution in [0.1, 0.15) is 46.8 Å². The van der Waals surface area contributed by atoms with E-state index in [4.69, 9.17) is 0 Å². The molecule has 3 rings (SSSR count). The summed E-state index contributed by atoms with van der Waals surface area (Å²) in [7, 11) is 0. The summed E-state index contributed by atoms with van der Waals surface area (Å²) in [5.74, 6) is -1.26. The van der Waals surface area contributed by atoms with E-state index in [1.54, 1.807) is 6.07 Å². The SMILES string of the molecule is CC(c1ccccc1)C(C)(c1ccccc1)c1ccc(O)c(C(=O)O)c1. The molecule has 3 heteroatoms. The highest BCUT2D eigenvalue weighted by atomic mass is 16.4. The van der Waals surface area contributed by atoms with E-state index < -0.39 is 11.4 Å². The van der Waals surface area contributed by atoms with Crippen molar-refractivity contribution in [2.75, 3.05) is 0 Å². The first-order chi connectivity index (χ1) is 12.4. The van der Waals surface area contributed by atoms with Crippen LogP contribution >= 0.6 is 0 Å². The molecule has 2 atom stereocenters. The van der Waals surface area contributed by atoms with Crippen LogP contribution in [0.2, 0.25) is 0 Å². The van der Waals surface area contributed by atoms with Gasteiger partial charge >= 0.3 is 5.97 Å². The Bertz CT molecular complexity index is 903. The van der Waals surface area contributed by atoms with Gasteiger partial charge in [0, 0.05) is 5.41 Å². The van der Waals surface area contributed by atoms with Crippen molar-refractivity contribution >= 4 is 5.97 Å². The summed E-state index contributed by atoms with van der Waals surface area (Å²) >= 11 is 0. The Morgan fingerprint density at radius 2 is 1.46 bits per heavy atom. The van der Waals surface area contributed by atoms with Gasteiger partial charge in [0.2, 0.25) is 0 Å². The van der Waals surface area contributed by atoms with Crippen molar-refractivity contribution in [3.8, 4) is 5.75 Å². The van der Waals surface area contributed by atoms with E-state index in [-0.39, 0.29) is 17.2 Å². The fraction of sp³-hybridized carbons (Fsp3) is 0.174. The topological polar surface area (TPSA) is 57.5 Å². The molecule has 0 spiro atoms. The molecule has 3 nitrogen and oxygen atoms in total. The Balaban J connectivity index is 2.22. The highest BCUT2D eigenvalue weighted by molar-refractivity contribution is 5.91. The second-order valence-electron chi connectivity index (χ2n) is 6.74. The van der Waals surface area contributed by atoms with Crippen molar-refractivity contribution < 1.29 is 15.0 Å². The van der Waals surface area contributed by atoms with E-state index in [1.165, 1.54) is 11.6 Å². The summed E-state index contributed by atoms with van der Waals surface area (Å²) in [6.45, 7) is 4.27. The van der Waals surface area contributed by atoms with E-state index in [9.17, 15) is 15.0 Å². The van der Waals surface area contributed by atoms with Crippen LogP contribution < -0.4 is 0 Å². The molecular formula is C23H22O3. The van der Waals surface area contributed by atoms with Crippen LogP contribution in [-0.2, 0) is 5.41 Å². The summed E-state index contributed by atoms with van der Waals surface area (Å²) in [6.07, 6.45) is 0. The Hall–Kier alpha value is -3.07. The molecule has 3 aromatic rings. The summed E-state index contributed by atoms with van der Waals surface area (Å²) in [5, 5.41) is 19.3. The van der Waals surface area contributed by atoms with Gasteiger partial charge in [0.1, 0.15) is 11.3 Å². The molecule has 2 unspecified atom stereocenters. The average Bonchev–Trinajstić information content (AvgIpc) is 2.68. The predicted octanol–water partition coefficient (Wildman–Crippen LogP) is 5.20. The van der Waals surface area contributed by atoms with Gasteiger partial charge < -0.3 is 10.2 Å². The molecule has 0 radical (unpaired) electrons. The van der Waals surface area contributed by atoms with Gasteiger partial charge in [0.25, 0.3) is 0 Å². The van der Waals surface area contributed by atoms with E-state index in [0.29, 0.717) is 0 Å². The standard InChI is InChI=1S/C23H22O3/c1-16(17-9-5-3-6-10-17)23(2,18-11-7-4-8-12-18)19-13-14-21(24)20(15-19)22(25)26/h3-16,24H,1-2H3,(H,25,26). The molecule has 0 bridgehead atoms. The molecule has 0 amide bonds. The number of hydrogen-bond acceptors (Lipinski definition) is 2. The maximum Gasteiger partial charge on any atom is 0.339 e. The second-order valence-corrected chi connectivity index (χ2v) is 6.74. The highest BCUT2D eigenvalue weighted by Gasteiger charge is 2.36. The van der Waals surface area contributed by atoms with Crippen LogP contribution in [-0.4, -0.2) is 16.2 Å². The van der Waals surface area contributed by atoms with Crippen molar-refractivity contribution in [2.24, 2.45) is 0 Å². The molecule has 0 saturated carbocycles. The predicted molar refractivity (Wildman–Crippen MR) is 103 cm³/mol. The zero-order valence-electron chi connectivity index (χ0n) is 14.9. The first-order valence-electron chi connectivity index (χ1n) is 8.62. The lowest BCUT2D eigenvalue weighted by Gasteiger charge is -2.38. The Kier molecular flexibility index (Phi) is 4.81. The van der Waals surface area contributed by atoms with Crippen LogP contribution in [0.5, 0.6) is 5.75 Å². The Morgan fingerprint density at radius 3 is 2.04 bits per heavy atom. The minimum atomic E-state index is -1.13. The zero-order chi connectivity index (χ0) is 18.7. The molecule has 0 heterocycles. The number of hydrogen-bond donors (Lipinski definition) is 2. The summed E-state index contributed by atoms with van der Waals surface area (Å²) in [5.41, 5.74) is 2.59. The van der Waals surface area contributed by atoms with E-state index in [2.05, 4.69) is 38.1 Å². The summed E-state index contributed by atoms with van der Waals surface area (Å²) < 4.78 is 0. The molecule has 0 aliphatic heterocycles. The Labute approximate surface area is 153 Å². The average molecular weight is 346 g/mol. The van der Waals surface area contributed by atoms with Crippen molar-refractivity contribution in [3.63, 3.8) is 0 Å². The largest absolute Gasteiger partial charge is 0.507 e. The normalized spacial score (nSPS) is 14.4. The van der Waals surface area contributed by atoms with Gasteiger partial charge in [-0.25, -0.2) is 4.79 Å². The molecule has 2 N–H and O–H groups in total. The van der Waals surface area contributed by atoms with E-state index in [0.717, 1.165) is 11.1 Å². The van der Waals surface area contributed by atoms with Gasteiger partial charge in [0.15, 0.2) is 0 Å². The summed E-state index contributed by atoms with van der Waals surface area (Å²) in [6, 6.07) is 25.1. The number of carbonyl (C=O) groups is 1. The summed E-state index contributed by atoms with van der Waals surface area (Å²) in [4.78, 5) is 11.5. The van der Waals surface area contributed by atoms with Gasteiger partial charge in [-0.1, -0.05) is 80.6 Å². The van der Waals surface area contributed by atoms with Crippen LogP contribution in [0.4, 0.5) is 0 Å². The minimum absolute atomic E-state index is 0.0788. The minimum Gasteiger partial charge on any atom is -0.507 e. The molecule has 3 aromatic carbocycles. The number of phenols is 1. The molecule has 0 aliphatic carbocycles. The third-order valence-electron chi connectivity index (χ3n) is 5.37. The molecule has 26 heavy (non-hydrogen) atoms. The molecular weight excluding hydrogens is 324 g/mol. The quantitative estimate of drug-likeness (QED) is 0.667. The second kappa shape index (κ2) is 7.04. The van der Waals surface area contributed by atoms with Crippen LogP contribution in [0.25, 0.3) is 0 Å². The number of carboxylic acid groups (broad SMARTS) is 1. The fourth-order valence-corrected chi connectivity index (χ4v) is 3.56. The van der Waals surface area contributed by atoms with Crippen molar-refractivity contribution in [1.29, 1.82) is 0 Å². The third kappa shape index (κ3) is 3.08. The third-order valence-corrected chi connectivity index (χ3v) is 5.37. The first-order valence-corrected chi connectivity index (χ1v) is 8.62. The van der Waals surface area contributed by atoms with E-state index in [1.807, 2.05) is 42.5 Å². The van der Waals surface area contributed by atoms with Gasteiger partial charge in [-0.2, -0.15) is 0 Å². The molecule has 0 fully saturated rings. The highest BCUT2D eigenvalue weighted by Crippen LogP contribution is 2.45. The number of rotatable bonds is 5. The maximum atomic E-state index is 11.5. The number of carboxylic acids is 1. The van der Waals surface area contributed by atoms with Gasteiger partial charge in [0.05, 0.1) is 0 Å². The van der Waals surface area contributed by atoms with Crippen molar-refractivity contribution in [1.82, 2.24) is 0 Å². The molecule has 0 aliphatic rings. The maximum absolute atomic E-state index is 11.5. The molecule has 0 aromatic heterocycles.